The molecule has 1 rings (SSSR count). The molecule has 1 aliphatic heterocycles. The lowest BCUT2D eigenvalue weighted by atomic mass is 9.88. The Morgan fingerprint density at radius 3 is 2.92 bits per heavy atom. The van der Waals surface area contributed by atoms with Crippen LogP contribution < -0.4 is 0 Å². The molecule has 0 aromatic carbocycles. The Morgan fingerprint density at radius 1 is 1.75 bits per heavy atom. The van der Waals surface area contributed by atoms with E-state index >= 15 is 0 Å². The van der Waals surface area contributed by atoms with Gasteiger partial charge in [-0.2, -0.15) is 0 Å². The van der Waals surface area contributed by atoms with Gasteiger partial charge in [-0.3, -0.25) is 0 Å². The van der Waals surface area contributed by atoms with Crippen LogP contribution in [0.4, 0.5) is 0 Å². The van der Waals surface area contributed by atoms with E-state index in [0.717, 1.165) is 19.1 Å². The van der Waals surface area contributed by atoms with Gasteiger partial charge < -0.3 is 14.3 Å². The summed E-state index contributed by atoms with van der Waals surface area (Å²) >= 11 is 0. The molecule has 0 spiro atoms. The largest absolute Gasteiger partial charge is 0.384 e. The number of hydrogen-bond donors (Lipinski definition) is 0. The lowest BCUT2D eigenvalue weighted by molar-refractivity contribution is -0.133. The normalized spacial score (nSPS) is 31.8. The van der Waals surface area contributed by atoms with E-state index in [4.69, 9.17) is 9.47 Å². The van der Waals surface area contributed by atoms with Crippen molar-refractivity contribution in [3.63, 3.8) is 0 Å². The molecule has 0 aliphatic carbocycles. The van der Waals surface area contributed by atoms with Crippen LogP contribution in [0.2, 0.25) is 0 Å². The van der Waals surface area contributed by atoms with Crippen LogP contribution in [0.5, 0.6) is 0 Å². The summed E-state index contributed by atoms with van der Waals surface area (Å²) in [4.78, 5) is 10.9. The molecule has 0 aromatic heterocycles. The molecule has 0 bridgehead atoms. The maximum atomic E-state index is 10.9. The first-order valence-corrected chi connectivity index (χ1v) is 4.34. The summed E-state index contributed by atoms with van der Waals surface area (Å²) in [6.45, 7) is 3.27. The Hall–Kier alpha value is -0.410. The van der Waals surface area contributed by atoms with Crippen LogP contribution in [0, 0.1) is 5.92 Å². The molecular formula is C9H16O3. The van der Waals surface area contributed by atoms with E-state index < -0.39 is 5.60 Å². The van der Waals surface area contributed by atoms with Gasteiger partial charge in [0.2, 0.25) is 0 Å². The number of ether oxygens (including phenoxy) is 2. The number of methoxy groups -OCH3 is 1. The lowest BCUT2D eigenvalue weighted by Crippen LogP contribution is -2.39. The second-order valence-electron chi connectivity index (χ2n) is 3.38. The molecule has 70 valence electrons. The molecule has 1 saturated heterocycles. The fourth-order valence-corrected chi connectivity index (χ4v) is 1.67. The topological polar surface area (TPSA) is 35.5 Å². The SMILES string of the molecule is COCC(C)C1(C=O)CCCO1. The van der Waals surface area contributed by atoms with Gasteiger partial charge in [0.15, 0.2) is 6.29 Å². The van der Waals surface area contributed by atoms with Gasteiger partial charge in [-0.1, -0.05) is 6.92 Å². The standard InChI is InChI=1S/C9H16O3/c1-8(6-11-2)9(7-10)4-3-5-12-9/h7-8H,3-6H2,1-2H3. The molecule has 1 heterocycles. The number of rotatable bonds is 4. The predicted molar refractivity (Wildman–Crippen MR) is 45.0 cm³/mol. The van der Waals surface area contributed by atoms with E-state index in [2.05, 4.69) is 0 Å². The van der Waals surface area contributed by atoms with Gasteiger partial charge in [0.25, 0.3) is 0 Å². The van der Waals surface area contributed by atoms with E-state index in [9.17, 15) is 4.79 Å². The highest BCUT2D eigenvalue weighted by atomic mass is 16.5. The van der Waals surface area contributed by atoms with Crippen LogP contribution in [-0.2, 0) is 14.3 Å². The lowest BCUT2D eigenvalue weighted by Gasteiger charge is -2.28. The van der Waals surface area contributed by atoms with Gasteiger partial charge in [0.1, 0.15) is 5.60 Å². The fraction of sp³-hybridized carbons (Fsp3) is 0.889. The first-order valence-electron chi connectivity index (χ1n) is 4.34. The zero-order valence-electron chi connectivity index (χ0n) is 7.71. The van der Waals surface area contributed by atoms with Crippen LogP contribution in [0.1, 0.15) is 19.8 Å². The van der Waals surface area contributed by atoms with Crippen molar-refractivity contribution in [2.24, 2.45) is 5.92 Å². The average molecular weight is 172 g/mol. The third kappa shape index (κ3) is 1.67. The predicted octanol–water partition coefficient (Wildman–Crippen LogP) is 1.02. The second-order valence-corrected chi connectivity index (χ2v) is 3.38. The Morgan fingerprint density at radius 2 is 2.50 bits per heavy atom. The highest BCUT2D eigenvalue weighted by molar-refractivity contribution is 5.63. The summed E-state index contributed by atoms with van der Waals surface area (Å²) in [5.74, 6) is 0.155. The Kier molecular flexibility index (Phi) is 3.23. The van der Waals surface area contributed by atoms with Crippen LogP contribution in [-0.4, -0.2) is 32.2 Å². The molecule has 1 aliphatic rings. The smallest absolute Gasteiger partial charge is 0.152 e. The summed E-state index contributed by atoms with van der Waals surface area (Å²) in [6, 6.07) is 0. The number of carbonyl (C=O) groups is 1. The van der Waals surface area contributed by atoms with Crippen molar-refractivity contribution in [2.45, 2.75) is 25.4 Å². The minimum Gasteiger partial charge on any atom is -0.384 e. The van der Waals surface area contributed by atoms with E-state index in [1.807, 2.05) is 6.92 Å². The maximum Gasteiger partial charge on any atom is 0.152 e. The van der Waals surface area contributed by atoms with Gasteiger partial charge in [-0.15, -0.1) is 0 Å². The molecule has 0 radical (unpaired) electrons. The van der Waals surface area contributed by atoms with Crippen molar-refractivity contribution in [2.75, 3.05) is 20.3 Å². The van der Waals surface area contributed by atoms with Crippen molar-refractivity contribution in [3.8, 4) is 0 Å². The van der Waals surface area contributed by atoms with Crippen LogP contribution in [0.25, 0.3) is 0 Å². The fourth-order valence-electron chi connectivity index (χ4n) is 1.67. The third-order valence-electron chi connectivity index (χ3n) is 2.53. The molecule has 3 nitrogen and oxygen atoms in total. The molecular weight excluding hydrogens is 156 g/mol. The summed E-state index contributed by atoms with van der Waals surface area (Å²) in [5.41, 5.74) is -0.560. The van der Waals surface area contributed by atoms with E-state index in [1.54, 1.807) is 7.11 Å². The number of carbonyl (C=O) groups excluding carboxylic acids is 1. The molecule has 2 unspecified atom stereocenters. The van der Waals surface area contributed by atoms with Gasteiger partial charge >= 0.3 is 0 Å². The summed E-state index contributed by atoms with van der Waals surface area (Å²) in [5, 5.41) is 0. The number of aldehydes is 1. The second kappa shape index (κ2) is 4.01. The highest BCUT2D eigenvalue weighted by Crippen LogP contribution is 2.31. The first kappa shape index (κ1) is 9.68. The zero-order valence-corrected chi connectivity index (χ0v) is 7.71. The van der Waals surface area contributed by atoms with Gasteiger partial charge in [-0.25, -0.2) is 0 Å². The van der Waals surface area contributed by atoms with Gasteiger partial charge in [-0.05, 0) is 12.8 Å². The molecule has 0 saturated carbocycles. The van der Waals surface area contributed by atoms with Crippen LogP contribution in [0.3, 0.4) is 0 Å². The minimum absolute atomic E-state index is 0.155. The monoisotopic (exact) mass is 172 g/mol. The van der Waals surface area contributed by atoms with E-state index in [0.29, 0.717) is 13.2 Å². The van der Waals surface area contributed by atoms with Crippen molar-refractivity contribution < 1.29 is 14.3 Å². The van der Waals surface area contributed by atoms with Crippen LogP contribution >= 0.6 is 0 Å². The zero-order chi connectivity index (χ0) is 9.03. The van der Waals surface area contributed by atoms with Crippen molar-refractivity contribution in [1.82, 2.24) is 0 Å². The summed E-state index contributed by atoms with van der Waals surface area (Å²) in [6.07, 6.45) is 2.75. The molecule has 3 heteroatoms. The van der Waals surface area contributed by atoms with E-state index in [-0.39, 0.29) is 5.92 Å². The molecule has 2 atom stereocenters. The van der Waals surface area contributed by atoms with Gasteiger partial charge in [0, 0.05) is 19.6 Å². The van der Waals surface area contributed by atoms with Crippen LogP contribution in [0.15, 0.2) is 0 Å². The Labute approximate surface area is 73.0 Å². The minimum atomic E-state index is -0.560. The summed E-state index contributed by atoms with van der Waals surface area (Å²) in [7, 11) is 1.64. The average Bonchev–Trinajstić information content (AvgIpc) is 2.54. The molecule has 12 heavy (non-hydrogen) atoms. The first-order chi connectivity index (χ1) is 5.75. The van der Waals surface area contributed by atoms with Gasteiger partial charge in [0.05, 0.1) is 6.61 Å². The van der Waals surface area contributed by atoms with Crippen molar-refractivity contribution in [3.05, 3.63) is 0 Å². The molecule has 0 aromatic rings. The van der Waals surface area contributed by atoms with Crippen molar-refractivity contribution >= 4 is 6.29 Å². The van der Waals surface area contributed by atoms with E-state index in [1.165, 1.54) is 0 Å². The van der Waals surface area contributed by atoms with Crippen molar-refractivity contribution in [1.29, 1.82) is 0 Å². The maximum absolute atomic E-state index is 10.9. The third-order valence-corrected chi connectivity index (χ3v) is 2.53. The summed E-state index contributed by atoms with van der Waals surface area (Å²) < 4.78 is 10.5. The molecule has 1 fully saturated rings. The molecule has 0 N–H and O–H groups in total. The quantitative estimate of drug-likeness (QED) is 0.594. The number of hydrogen-bond acceptors (Lipinski definition) is 3. The molecule has 0 amide bonds. The highest BCUT2D eigenvalue weighted by Gasteiger charge is 2.40. The Bertz CT molecular complexity index is 150. The Balaban J connectivity index is 2.58.